The Hall–Kier alpha value is -3.60. The van der Waals surface area contributed by atoms with Crippen molar-refractivity contribution >= 4 is 22.8 Å². The lowest BCUT2D eigenvalue weighted by Crippen LogP contribution is -2.43. The van der Waals surface area contributed by atoms with Crippen molar-refractivity contribution in [1.29, 1.82) is 0 Å². The number of H-pyrrole nitrogens is 1. The van der Waals surface area contributed by atoms with Crippen LogP contribution in [0.15, 0.2) is 59.9 Å². The van der Waals surface area contributed by atoms with E-state index in [0.29, 0.717) is 40.0 Å². The molecule has 1 N–H and O–H groups in total. The Labute approximate surface area is 196 Å². The first-order valence-electron chi connectivity index (χ1n) is 10.1. The van der Waals surface area contributed by atoms with E-state index in [9.17, 15) is 13.2 Å². The number of nitrogens with zero attached hydrogens (tertiary/aromatic N) is 2. The molecule has 7 nitrogen and oxygen atoms in total. The molecule has 2 aromatic heterocycles. The van der Waals surface area contributed by atoms with E-state index < -0.39 is 12.5 Å². The topological polar surface area (TPSA) is 78.5 Å². The molecule has 3 heterocycles. The quantitative estimate of drug-likeness (QED) is 0.344. The van der Waals surface area contributed by atoms with E-state index >= 15 is 0 Å². The first-order valence-corrected chi connectivity index (χ1v) is 11.1. The van der Waals surface area contributed by atoms with E-state index in [1.807, 2.05) is 30.3 Å². The molecule has 0 saturated carbocycles. The third-order valence-corrected chi connectivity index (χ3v) is 5.88. The lowest BCUT2D eigenvalue weighted by atomic mass is 10.2. The Balaban J connectivity index is 1.30. The zero-order valence-electron chi connectivity index (χ0n) is 17.8. The van der Waals surface area contributed by atoms with Crippen molar-refractivity contribution in [2.45, 2.75) is 30.0 Å². The number of benzene rings is 2. The normalized spacial score (nSPS) is 16.4. The molecule has 0 aliphatic carbocycles. The molecule has 0 amide bonds. The number of hydrogen-bond acceptors (Lipinski definition) is 7. The third kappa shape index (κ3) is 4.56. The molecule has 0 fully saturated rings. The summed E-state index contributed by atoms with van der Waals surface area (Å²) in [7, 11) is 1.54. The summed E-state index contributed by atoms with van der Waals surface area (Å²) >= 11 is 1.35. The van der Waals surface area contributed by atoms with Crippen molar-refractivity contribution < 1.29 is 32.1 Å². The van der Waals surface area contributed by atoms with E-state index in [0.717, 1.165) is 11.3 Å². The first kappa shape index (κ1) is 22.2. The monoisotopic (exact) mass is 489 g/mol. The van der Waals surface area contributed by atoms with Crippen LogP contribution in [0.1, 0.15) is 11.3 Å². The molecule has 4 aromatic rings. The van der Waals surface area contributed by atoms with Gasteiger partial charge in [-0.2, -0.15) is 13.2 Å². The maximum absolute atomic E-state index is 13.5. The van der Waals surface area contributed by atoms with Gasteiger partial charge in [0.25, 0.3) is 0 Å². The fourth-order valence-electron chi connectivity index (χ4n) is 3.30. The average molecular weight is 489 g/mol. The van der Waals surface area contributed by atoms with Crippen molar-refractivity contribution in [3.63, 3.8) is 0 Å². The van der Waals surface area contributed by atoms with E-state index in [-0.39, 0.29) is 11.5 Å². The predicted molar refractivity (Wildman–Crippen MR) is 118 cm³/mol. The highest BCUT2D eigenvalue weighted by molar-refractivity contribution is 7.98. The van der Waals surface area contributed by atoms with E-state index in [1.54, 1.807) is 19.4 Å². The molecular formula is C23H18F3N3O4S. The summed E-state index contributed by atoms with van der Waals surface area (Å²) in [6, 6.07) is 14.2. The van der Waals surface area contributed by atoms with Crippen LogP contribution in [0, 0.1) is 0 Å². The van der Waals surface area contributed by atoms with Gasteiger partial charge in [-0.1, -0.05) is 42.1 Å². The number of methoxy groups -OCH3 is 1. The summed E-state index contributed by atoms with van der Waals surface area (Å²) in [4.78, 5) is 11.8. The van der Waals surface area contributed by atoms with Crippen LogP contribution in [0.2, 0.25) is 0 Å². The average Bonchev–Trinajstić information content (AvgIpc) is 3.23. The van der Waals surface area contributed by atoms with Gasteiger partial charge in [0, 0.05) is 24.0 Å². The van der Waals surface area contributed by atoms with Crippen molar-refractivity contribution in [2.75, 3.05) is 7.11 Å². The third-order valence-electron chi connectivity index (χ3n) is 4.97. The van der Waals surface area contributed by atoms with Crippen molar-refractivity contribution in [1.82, 2.24) is 15.0 Å². The van der Waals surface area contributed by atoms with Crippen LogP contribution in [0.25, 0.3) is 11.0 Å². The zero-order valence-corrected chi connectivity index (χ0v) is 18.6. The largest absolute Gasteiger partial charge is 0.491 e. The number of pyridine rings is 1. The molecule has 0 saturated heterocycles. The molecular weight excluding hydrogens is 471 g/mol. The number of aromatic nitrogens is 3. The van der Waals surface area contributed by atoms with E-state index in [4.69, 9.17) is 9.47 Å². The number of aromatic amines is 1. The molecule has 0 bridgehead atoms. The second-order valence-electron chi connectivity index (χ2n) is 7.35. The summed E-state index contributed by atoms with van der Waals surface area (Å²) in [6.45, 7) is 0.380. The Bertz CT molecular complexity index is 1320. The van der Waals surface area contributed by atoms with Crippen molar-refractivity contribution in [2.24, 2.45) is 0 Å². The number of rotatable bonds is 7. The van der Waals surface area contributed by atoms with Crippen LogP contribution in [-0.2, 0) is 12.4 Å². The van der Waals surface area contributed by atoms with Crippen molar-refractivity contribution in [3.05, 3.63) is 66.0 Å². The number of imidazole rings is 1. The number of alkyl halides is 3. The molecule has 1 atom stereocenters. The minimum atomic E-state index is -4.06. The second kappa shape index (κ2) is 8.98. The van der Waals surface area contributed by atoms with Crippen LogP contribution in [-0.4, -0.2) is 34.5 Å². The molecule has 5 rings (SSSR count). The minimum Gasteiger partial charge on any atom is -0.491 e. The summed E-state index contributed by atoms with van der Waals surface area (Å²) in [5.41, 5.74) is 2.62. The number of thioether (sulfide) groups is 1. The number of fused-ring (bicyclic) bond motifs is 2. The Morgan fingerprint density at radius 3 is 2.74 bits per heavy atom. The molecule has 34 heavy (non-hydrogen) atoms. The molecule has 0 spiro atoms. The summed E-state index contributed by atoms with van der Waals surface area (Å²) in [6.07, 6.45) is -5.35. The maximum Gasteiger partial charge on any atom is 0.468 e. The molecule has 1 unspecified atom stereocenters. The molecule has 2 aromatic carbocycles. The van der Waals surface area contributed by atoms with Gasteiger partial charge in [0.2, 0.25) is 0 Å². The standard InChI is InChI=1S/C23H18F3N3O4S/c1-30-20-10-27-14(7-17(20)31-11-13-5-3-2-4-6-13)12-34-22-28-15-8-18-19(9-16(15)29-22)33-23(25,26)21(24)32-18/h2-10,21H,11-12H2,1H3,(H,28,29). The number of hydrogen-bond donors (Lipinski definition) is 1. The van der Waals surface area contributed by atoms with Crippen molar-refractivity contribution in [3.8, 4) is 23.0 Å². The highest BCUT2D eigenvalue weighted by Crippen LogP contribution is 2.42. The van der Waals surface area contributed by atoms with Gasteiger partial charge in [-0.15, -0.1) is 0 Å². The smallest absolute Gasteiger partial charge is 0.468 e. The van der Waals surface area contributed by atoms with Gasteiger partial charge < -0.3 is 23.9 Å². The van der Waals surface area contributed by atoms with Gasteiger partial charge in [0.05, 0.1) is 30.0 Å². The van der Waals surface area contributed by atoms with Crippen LogP contribution in [0.3, 0.4) is 0 Å². The second-order valence-corrected chi connectivity index (χ2v) is 8.31. The Morgan fingerprint density at radius 2 is 1.94 bits per heavy atom. The fraction of sp³-hybridized carbons (Fsp3) is 0.217. The van der Waals surface area contributed by atoms with E-state index in [2.05, 4.69) is 24.4 Å². The zero-order chi connectivity index (χ0) is 23.7. The van der Waals surface area contributed by atoms with Crippen LogP contribution in [0.4, 0.5) is 13.2 Å². The Kier molecular flexibility index (Phi) is 5.86. The molecule has 1 aliphatic rings. The van der Waals surface area contributed by atoms with E-state index in [1.165, 1.54) is 23.9 Å². The number of ether oxygens (including phenoxy) is 4. The van der Waals surface area contributed by atoms with Gasteiger partial charge in [-0.05, 0) is 5.56 Å². The molecule has 1 aliphatic heterocycles. The number of nitrogens with one attached hydrogen (secondary N) is 1. The highest BCUT2D eigenvalue weighted by Gasteiger charge is 2.49. The lowest BCUT2D eigenvalue weighted by molar-refractivity contribution is -0.281. The van der Waals surface area contributed by atoms with Gasteiger partial charge in [0.1, 0.15) is 6.61 Å². The van der Waals surface area contributed by atoms with Gasteiger partial charge in [-0.3, -0.25) is 4.98 Å². The summed E-state index contributed by atoms with van der Waals surface area (Å²) in [5.74, 6) is 1.13. The molecule has 0 radical (unpaired) electrons. The highest BCUT2D eigenvalue weighted by atomic mass is 32.2. The summed E-state index contributed by atoms with van der Waals surface area (Å²) in [5, 5.41) is 0.519. The predicted octanol–water partition coefficient (Wildman–Crippen LogP) is 5.50. The van der Waals surface area contributed by atoms with Crippen LogP contribution < -0.4 is 18.9 Å². The molecule has 176 valence electrons. The maximum atomic E-state index is 13.5. The minimum absolute atomic E-state index is 0.133. The number of halogens is 3. The SMILES string of the molecule is COc1cnc(CSc2nc3cc4c(cc3[nH]2)OC(F)(F)C(F)O4)cc1OCc1ccccc1. The van der Waals surface area contributed by atoms with Gasteiger partial charge >= 0.3 is 12.5 Å². The fourth-order valence-corrected chi connectivity index (χ4v) is 4.08. The van der Waals surface area contributed by atoms with Crippen LogP contribution in [0.5, 0.6) is 23.0 Å². The van der Waals surface area contributed by atoms with Gasteiger partial charge in [0.15, 0.2) is 28.2 Å². The first-order chi connectivity index (χ1) is 16.4. The molecule has 11 heteroatoms. The Morgan fingerprint density at radius 1 is 1.12 bits per heavy atom. The lowest BCUT2D eigenvalue weighted by Gasteiger charge is -2.28. The van der Waals surface area contributed by atoms with Crippen LogP contribution >= 0.6 is 11.8 Å². The summed E-state index contributed by atoms with van der Waals surface area (Å²) < 4.78 is 60.7. The van der Waals surface area contributed by atoms with Gasteiger partial charge in [-0.25, -0.2) is 4.98 Å².